The summed E-state index contributed by atoms with van der Waals surface area (Å²) in [5.74, 6) is 0.611. The van der Waals surface area contributed by atoms with Crippen LogP contribution in [0.2, 0.25) is 0 Å². The summed E-state index contributed by atoms with van der Waals surface area (Å²) in [4.78, 5) is 2.77. The fourth-order valence-corrected chi connectivity index (χ4v) is 3.49. The van der Waals surface area contributed by atoms with Gasteiger partial charge in [0.2, 0.25) is 0 Å². The molecule has 0 aliphatic heterocycles. The van der Waals surface area contributed by atoms with Crippen molar-refractivity contribution in [2.24, 2.45) is 5.92 Å². The molecular weight excluding hydrogens is 238 g/mol. The molecule has 0 aliphatic rings. The molecule has 1 heterocycles. The molecule has 1 nitrogen and oxygen atoms in total. The van der Waals surface area contributed by atoms with E-state index >= 15 is 0 Å². The highest BCUT2D eigenvalue weighted by atomic mass is 32.1. The van der Waals surface area contributed by atoms with Gasteiger partial charge in [0, 0.05) is 15.8 Å². The Kier molecular flexibility index (Phi) is 4.20. The molecule has 2 aromatic rings. The molecule has 1 aromatic carbocycles. The first-order valence-corrected chi connectivity index (χ1v) is 7.27. The Balaban J connectivity index is 2.27. The summed E-state index contributed by atoms with van der Waals surface area (Å²) in [6.45, 7) is 6.64. The second-order valence-corrected chi connectivity index (χ2v) is 6.19. The molecule has 1 aromatic heterocycles. The monoisotopic (exact) mass is 259 g/mol. The first kappa shape index (κ1) is 13.3. The molecule has 0 amide bonds. The summed E-state index contributed by atoms with van der Waals surface area (Å²) in [7, 11) is 2.04. The van der Waals surface area contributed by atoms with Crippen LogP contribution >= 0.6 is 11.3 Å². The van der Waals surface area contributed by atoms with Crippen molar-refractivity contribution in [3.63, 3.8) is 0 Å². The zero-order valence-corrected chi connectivity index (χ0v) is 12.3. The summed E-state index contributed by atoms with van der Waals surface area (Å²) >= 11 is 1.89. The molecule has 2 rings (SSSR count). The SMILES string of the molecule is CNC(c1ccc(-c2ccc(C)cc2)s1)C(C)C. The molecule has 0 saturated heterocycles. The van der Waals surface area contributed by atoms with Crippen LogP contribution in [-0.4, -0.2) is 7.05 Å². The van der Waals surface area contributed by atoms with E-state index < -0.39 is 0 Å². The highest BCUT2D eigenvalue weighted by Gasteiger charge is 2.15. The van der Waals surface area contributed by atoms with Crippen molar-refractivity contribution >= 4 is 11.3 Å². The van der Waals surface area contributed by atoms with Crippen LogP contribution in [0.15, 0.2) is 36.4 Å². The Morgan fingerprint density at radius 1 is 1.00 bits per heavy atom. The lowest BCUT2D eigenvalue weighted by Gasteiger charge is -2.18. The second kappa shape index (κ2) is 5.68. The molecule has 0 bridgehead atoms. The third-order valence-corrected chi connectivity index (χ3v) is 4.46. The molecule has 0 radical (unpaired) electrons. The highest BCUT2D eigenvalue weighted by Crippen LogP contribution is 2.33. The van der Waals surface area contributed by atoms with Gasteiger partial charge in [0.1, 0.15) is 0 Å². The Morgan fingerprint density at radius 3 is 2.22 bits per heavy atom. The normalized spacial score (nSPS) is 12.9. The molecule has 1 atom stereocenters. The summed E-state index contributed by atoms with van der Waals surface area (Å²) in [6.07, 6.45) is 0. The molecule has 0 saturated carbocycles. The number of nitrogens with one attached hydrogen (secondary N) is 1. The van der Waals surface area contributed by atoms with E-state index in [0.29, 0.717) is 12.0 Å². The number of hydrogen-bond donors (Lipinski definition) is 1. The van der Waals surface area contributed by atoms with Crippen LogP contribution in [0, 0.1) is 12.8 Å². The van der Waals surface area contributed by atoms with Crippen LogP contribution in [-0.2, 0) is 0 Å². The predicted octanol–water partition coefficient (Wildman–Crippen LogP) is 4.64. The average Bonchev–Trinajstić information content (AvgIpc) is 2.80. The van der Waals surface area contributed by atoms with Crippen molar-refractivity contribution in [2.75, 3.05) is 7.05 Å². The molecule has 18 heavy (non-hydrogen) atoms. The van der Waals surface area contributed by atoms with E-state index in [4.69, 9.17) is 0 Å². The van der Waals surface area contributed by atoms with E-state index in [-0.39, 0.29) is 0 Å². The van der Waals surface area contributed by atoms with Gasteiger partial charge in [0.25, 0.3) is 0 Å². The lowest BCUT2D eigenvalue weighted by Crippen LogP contribution is -2.20. The lowest BCUT2D eigenvalue weighted by molar-refractivity contribution is 0.449. The Bertz CT molecular complexity index is 496. The molecule has 96 valence electrons. The summed E-state index contributed by atoms with van der Waals surface area (Å²) in [5, 5.41) is 3.40. The number of rotatable bonds is 4. The van der Waals surface area contributed by atoms with Crippen LogP contribution in [0.5, 0.6) is 0 Å². The second-order valence-electron chi connectivity index (χ2n) is 5.08. The van der Waals surface area contributed by atoms with Gasteiger partial charge >= 0.3 is 0 Å². The maximum absolute atomic E-state index is 3.40. The van der Waals surface area contributed by atoms with E-state index in [0.717, 1.165) is 0 Å². The molecule has 2 heteroatoms. The van der Waals surface area contributed by atoms with Gasteiger partial charge in [-0.2, -0.15) is 0 Å². The number of aryl methyl sites for hydroxylation is 1. The average molecular weight is 259 g/mol. The highest BCUT2D eigenvalue weighted by molar-refractivity contribution is 7.15. The van der Waals surface area contributed by atoms with Gasteiger partial charge in [-0.25, -0.2) is 0 Å². The van der Waals surface area contributed by atoms with Gasteiger partial charge in [0.05, 0.1) is 0 Å². The van der Waals surface area contributed by atoms with Crippen molar-refractivity contribution in [3.8, 4) is 10.4 Å². The quantitative estimate of drug-likeness (QED) is 0.843. The zero-order valence-electron chi connectivity index (χ0n) is 11.5. The van der Waals surface area contributed by atoms with Crippen LogP contribution in [0.3, 0.4) is 0 Å². The van der Waals surface area contributed by atoms with E-state index in [9.17, 15) is 0 Å². The van der Waals surface area contributed by atoms with Crippen LogP contribution in [0.25, 0.3) is 10.4 Å². The molecule has 1 N–H and O–H groups in total. The third kappa shape index (κ3) is 2.82. The van der Waals surface area contributed by atoms with Gasteiger partial charge in [-0.1, -0.05) is 43.7 Å². The van der Waals surface area contributed by atoms with E-state index in [1.54, 1.807) is 0 Å². The van der Waals surface area contributed by atoms with Crippen molar-refractivity contribution in [2.45, 2.75) is 26.8 Å². The fourth-order valence-electron chi connectivity index (χ4n) is 2.20. The van der Waals surface area contributed by atoms with Crippen molar-refractivity contribution in [1.29, 1.82) is 0 Å². The van der Waals surface area contributed by atoms with Crippen molar-refractivity contribution in [1.82, 2.24) is 5.32 Å². The number of hydrogen-bond acceptors (Lipinski definition) is 2. The minimum absolute atomic E-state index is 0.453. The summed E-state index contributed by atoms with van der Waals surface area (Å²) in [6, 6.07) is 13.7. The minimum Gasteiger partial charge on any atom is -0.312 e. The maximum Gasteiger partial charge on any atom is 0.0435 e. The molecular formula is C16H21NS. The van der Waals surface area contributed by atoms with Gasteiger partial charge in [-0.3, -0.25) is 0 Å². The van der Waals surface area contributed by atoms with Crippen LogP contribution < -0.4 is 5.32 Å². The smallest absolute Gasteiger partial charge is 0.0435 e. The van der Waals surface area contributed by atoms with E-state index in [2.05, 4.69) is 62.5 Å². The van der Waals surface area contributed by atoms with E-state index in [1.807, 2.05) is 18.4 Å². The largest absolute Gasteiger partial charge is 0.312 e. The van der Waals surface area contributed by atoms with Gasteiger partial charge in [-0.15, -0.1) is 11.3 Å². The predicted molar refractivity (Wildman–Crippen MR) is 81.1 cm³/mol. The topological polar surface area (TPSA) is 12.0 Å². The van der Waals surface area contributed by atoms with Gasteiger partial charge < -0.3 is 5.32 Å². The molecule has 0 fully saturated rings. The van der Waals surface area contributed by atoms with Gasteiger partial charge in [-0.05, 0) is 37.6 Å². The van der Waals surface area contributed by atoms with Gasteiger partial charge in [0.15, 0.2) is 0 Å². The fraction of sp³-hybridized carbons (Fsp3) is 0.375. The Labute approximate surface area is 114 Å². The minimum atomic E-state index is 0.453. The molecule has 1 unspecified atom stereocenters. The standard InChI is InChI=1S/C16H21NS/c1-11(2)16(17-4)15-10-9-14(18-15)13-7-5-12(3)6-8-13/h5-11,16-17H,1-4H3. The van der Waals surface area contributed by atoms with Crippen molar-refractivity contribution < 1.29 is 0 Å². The lowest BCUT2D eigenvalue weighted by atomic mass is 10.0. The Hall–Kier alpha value is -1.12. The van der Waals surface area contributed by atoms with E-state index in [1.165, 1.54) is 20.9 Å². The summed E-state index contributed by atoms with van der Waals surface area (Å²) in [5.41, 5.74) is 2.63. The first-order valence-electron chi connectivity index (χ1n) is 6.46. The number of benzene rings is 1. The first-order chi connectivity index (χ1) is 8.61. The van der Waals surface area contributed by atoms with Crippen molar-refractivity contribution in [3.05, 3.63) is 46.8 Å². The van der Waals surface area contributed by atoms with Crippen LogP contribution in [0.1, 0.15) is 30.3 Å². The van der Waals surface area contributed by atoms with Crippen LogP contribution in [0.4, 0.5) is 0 Å². The zero-order chi connectivity index (χ0) is 13.1. The Morgan fingerprint density at radius 2 is 1.67 bits per heavy atom. The number of thiophene rings is 1. The molecule has 0 spiro atoms. The maximum atomic E-state index is 3.40. The summed E-state index contributed by atoms with van der Waals surface area (Å²) < 4.78 is 0. The third-order valence-electron chi connectivity index (χ3n) is 3.25. The molecule has 0 aliphatic carbocycles.